The van der Waals surface area contributed by atoms with Gasteiger partial charge < -0.3 is 10.2 Å². The van der Waals surface area contributed by atoms with Crippen LogP contribution in [0.25, 0.3) is 0 Å². The van der Waals surface area contributed by atoms with Crippen molar-refractivity contribution in [2.75, 3.05) is 49.5 Å². The third kappa shape index (κ3) is 7.54. The maximum Gasteiger partial charge on any atom is 0.238 e. The maximum absolute atomic E-state index is 12.4. The highest BCUT2D eigenvalue weighted by Crippen LogP contribution is 2.15. The second-order valence-corrected chi connectivity index (χ2v) is 8.56. The minimum absolute atomic E-state index is 0.0138. The number of nitrogens with one attached hydrogen (secondary N) is 1. The average molecular weight is 392 g/mol. The third-order valence-corrected chi connectivity index (χ3v) is 5.81. The molecule has 1 aliphatic heterocycles. The lowest BCUT2D eigenvalue weighted by Gasteiger charge is -2.34. The highest BCUT2D eigenvalue weighted by Gasteiger charge is 2.22. The molecule has 1 saturated heterocycles. The molecule has 1 N–H and O–H groups in total. The Bertz CT molecular complexity index is 613. The SMILES string of the molecule is CCc1ccccc1NC(=O)CN1CCN(C(=O)CSCCC(C)C)CC1. The lowest BCUT2D eigenvalue weighted by atomic mass is 10.1. The molecule has 0 atom stereocenters. The van der Waals surface area contributed by atoms with Crippen molar-refractivity contribution in [2.45, 2.75) is 33.6 Å². The number of piperazine rings is 1. The van der Waals surface area contributed by atoms with Gasteiger partial charge in [-0.15, -0.1) is 0 Å². The van der Waals surface area contributed by atoms with Gasteiger partial charge in [-0.1, -0.05) is 39.0 Å². The molecular formula is C21H33N3O2S. The van der Waals surface area contributed by atoms with E-state index in [1.54, 1.807) is 11.8 Å². The van der Waals surface area contributed by atoms with Gasteiger partial charge in [0.1, 0.15) is 0 Å². The fraction of sp³-hybridized carbons (Fsp3) is 0.619. The number of nitrogens with zero attached hydrogens (tertiary/aromatic N) is 2. The van der Waals surface area contributed by atoms with E-state index in [2.05, 4.69) is 31.0 Å². The summed E-state index contributed by atoms with van der Waals surface area (Å²) in [6.45, 7) is 9.81. The van der Waals surface area contributed by atoms with E-state index in [9.17, 15) is 9.59 Å². The zero-order valence-corrected chi connectivity index (χ0v) is 17.7. The Morgan fingerprint density at radius 2 is 1.85 bits per heavy atom. The van der Waals surface area contributed by atoms with Gasteiger partial charge in [0.2, 0.25) is 11.8 Å². The van der Waals surface area contributed by atoms with Crippen molar-refractivity contribution in [2.24, 2.45) is 5.92 Å². The number of carbonyl (C=O) groups excluding carboxylic acids is 2. The summed E-state index contributed by atoms with van der Waals surface area (Å²) >= 11 is 1.73. The first-order valence-electron chi connectivity index (χ1n) is 9.95. The normalized spacial score (nSPS) is 15.2. The molecule has 0 unspecified atom stereocenters. The van der Waals surface area contributed by atoms with E-state index < -0.39 is 0 Å². The quantitative estimate of drug-likeness (QED) is 0.657. The molecule has 0 aromatic heterocycles. The highest BCUT2D eigenvalue weighted by atomic mass is 32.2. The largest absolute Gasteiger partial charge is 0.339 e. The van der Waals surface area contributed by atoms with Crippen LogP contribution in [0, 0.1) is 5.92 Å². The number of hydrogen-bond acceptors (Lipinski definition) is 4. The van der Waals surface area contributed by atoms with Gasteiger partial charge in [0.15, 0.2) is 0 Å². The molecule has 150 valence electrons. The summed E-state index contributed by atoms with van der Waals surface area (Å²) in [6.07, 6.45) is 2.05. The zero-order valence-electron chi connectivity index (χ0n) is 16.9. The van der Waals surface area contributed by atoms with Gasteiger partial charge >= 0.3 is 0 Å². The van der Waals surface area contributed by atoms with Gasteiger partial charge in [0.25, 0.3) is 0 Å². The van der Waals surface area contributed by atoms with Crippen molar-refractivity contribution in [3.8, 4) is 0 Å². The summed E-state index contributed by atoms with van der Waals surface area (Å²) in [4.78, 5) is 28.7. The monoisotopic (exact) mass is 391 g/mol. The smallest absolute Gasteiger partial charge is 0.238 e. The van der Waals surface area contributed by atoms with E-state index in [1.807, 2.05) is 29.2 Å². The Labute approximate surface area is 167 Å². The first kappa shape index (κ1) is 21.8. The number of para-hydroxylation sites is 1. The Kier molecular flexibility index (Phi) is 9.15. The second kappa shape index (κ2) is 11.3. The fourth-order valence-corrected chi connectivity index (χ4v) is 4.21. The summed E-state index contributed by atoms with van der Waals surface area (Å²) in [5, 5.41) is 3.02. The highest BCUT2D eigenvalue weighted by molar-refractivity contribution is 7.99. The van der Waals surface area contributed by atoms with Gasteiger partial charge in [-0.2, -0.15) is 11.8 Å². The summed E-state index contributed by atoms with van der Waals surface area (Å²) in [5.41, 5.74) is 2.05. The van der Waals surface area contributed by atoms with Gasteiger partial charge in [-0.3, -0.25) is 14.5 Å². The number of hydrogen-bond donors (Lipinski definition) is 1. The Balaban J connectivity index is 1.69. The molecular weight excluding hydrogens is 358 g/mol. The van der Waals surface area contributed by atoms with Crippen LogP contribution in [0.4, 0.5) is 5.69 Å². The van der Waals surface area contributed by atoms with Crippen molar-refractivity contribution in [1.82, 2.24) is 9.80 Å². The van der Waals surface area contributed by atoms with E-state index in [0.29, 0.717) is 31.3 Å². The number of rotatable bonds is 9. The van der Waals surface area contributed by atoms with Crippen LogP contribution in [0.2, 0.25) is 0 Å². The van der Waals surface area contributed by atoms with Crippen molar-refractivity contribution < 1.29 is 9.59 Å². The predicted octanol–water partition coefficient (Wildman–Crippen LogP) is 3.11. The minimum atomic E-state index is 0.0138. The molecule has 0 saturated carbocycles. The molecule has 6 heteroatoms. The number of thioether (sulfide) groups is 1. The molecule has 0 radical (unpaired) electrons. The van der Waals surface area contributed by atoms with Crippen LogP contribution in [0.15, 0.2) is 24.3 Å². The molecule has 0 spiro atoms. The van der Waals surface area contributed by atoms with E-state index in [4.69, 9.17) is 0 Å². The summed E-state index contributed by atoms with van der Waals surface area (Å²) in [5.74, 6) is 2.54. The van der Waals surface area contributed by atoms with Crippen LogP contribution in [0.1, 0.15) is 32.8 Å². The summed E-state index contributed by atoms with van der Waals surface area (Å²) in [7, 11) is 0. The van der Waals surface area contributed by atoms with E-state index in [-0.39, 0.29) is 11.8 Å². The Morgan fingerprint density at radius 1 is 1.15 bits per heavy atom. The lowest BCUT2D eigenvalue weighted by molar-refractivity contribution is -0.130. The molecule has 1 heterocycles. The van der Waals surface area contributed by atoms with Gasteiger partial charge in [-0.05, 0) is 36.1 Å². The van der Waals surface area contributed by atoms with E-state index in [1.165, 1.54) is 0 Å². The fourth-order valence-electron chi connectivity index (χ4n) is 3.07. The molecule has 1 aromatic carbocycles. The maximum atomic E-state index is 12.4. The van der Waals surface area contributed by atoms with Crippen LogP contribution in [-0.2, 0) is 16.0 Å². The first-order chi connectivity index (χ1) is 13.0. The standard InChI is InChI=1S/C21H33N3O2S/c1-4-18-7-5-6-8-19(18)22-20(25)15-23-10-12-24(13-11-23)21(26)16-27-14-9-17(2)3/h5-8,17H,4,9-16H2,1-3H3,(H,22,25). The molecule has 27 heavy (non-hydrogen) atoms. The Hall–Kier alpha value is -1.53. The summed E-state index contributed by atoms with van der Waals surface area (Å²) in [6, 6.07) is 7.92. The summed E-state index contributed by atoms with van der Waals surface area (Å²) < 4.78 is 0. The Morgan fingerprint density at radius 3 is 2.52 bits per heavy atom. The minimum Gasteiger partial charge on any atom is -0.339 e. The number of amides is 2. The molecule has 2 amide bonds. The molecule has 1 aromatic rings. The van der Waals surface area contributed by atoms with Gasteiger partial charge in [-0.25, -0.2) is 0 Å². The average Bonchev–Trinajstić information content (AvgIpc) is 2.66. The van der Waals surface area contributed by atoms with Crippen molar-refractivity contribution in [3.63, 3.8) is 0 Å². The molecule has 5 nitrogen and oxygen atoms in total. The predicted molar refractivity (Wildman–Crippen MR) is 114 cm³/mol. The van der Waals surface area contributed by atoms with Crippen LogP contribution >= 0.6 is 11.8 Å². The molecule has 1 aliphatic rings. The van der Waals surface area contributed by atoms with Crippen LogP contribution < -0.4 is 5.32 Å². The first-order valence-corrected chi connectivity index (χ1v) is 11.1. The zero-order chi connectivity index (χ0) is 19.6. The second-order valence-electron chi connectivity index (χ2n) is 7.45. The molecule has 0 aliphatic carbocycles. The number of anilines is 1. The van der Waals surface area contributed by atoms with Crippen molar-refractivity contribution >= 4 is 29.3 Å². The van der Waals surface area contributed by atoms with Crippen molar-refractivity contribution in [3.05, 3.63) is 29.8 Å². The third-order valence-electron chi connectivity index (χ3n) is 4.83. The molecule has 0 bridgehead atoms. The van der Waals surface area contributed by atoms with Crippen molar-refractivity contribution in [1.29, 1.82) is 0 Å². The van der Waals surface area contributed by atoms with E-state index in [0.717, 1.165) is 42.9 Å². The van der Waals surface area contributed by atoms with Gasteiger partial charge in [0.05, 0.1) is 12.3 Å². The molecule has 1 fully saturated rings. The number of benzene rings is 1. The number of carbonyl (C=O) groups is 2. The van der Waals surface area contributed by atoms with Crippen LogP contribution in [-0.4, -0.2) is 65.8 Å². The van der Waals surface area contributed by atoms with Gasteiger partial charge in [0, 0.05) is 31.9 Å². The van der Waals surface area contributed by atoms with E-state index >= 15 is 0 Å². The lowest BCUT2D eigenvalue weighted by Crippen LogP contribution is -2.50. The molecule has 2 rings (SSSR count). The topological polar surface area (TPSA) is 52.7 Å². The van der Waals surface area contributed by atoms with Crippen LogP contribution in [0.5, 0.6) is 0 Å². The van der Waals surface area contributed by atoms with Crippen LogP contribution in [0.3, 0.4) is 0 Å². The number of aryl methyl sites for hydroxylation is 1.